The minimum atomic E-state index is -0.748. The molecule has 0 saturated heterocycles. The molecule has 3 aromatic heterocycles. The van der Waals surface area contributed by atoms with Crippen LogP contribution in [0.3, 0.4) is 0 Å². The number of nitriles is 1. The molecule has 9 nitrogen and oxygen atoms in total. The number of amides is 1. The fourth-order valence-electron chi connectivity index (χ4n) is 4.34. The molecule has 33 heavy (non-hydrogen) atoms. The van der Waals surface area contributed by atoms with Crippen LogP contribution in [0.2, 0.25) is 0 Å². The van der Waals surface area contributed by atoms with Gasteiger partial charge in [-0.3, -0.25) is 4.79 Å². The summed E-state index contributed by atoms with van der Waals surface area (Å²) >= 11 is 0. The van der Waals surface area contributed by atoms with E-state index < -0.39 is 5.60 Å². The zero-order chi connectivity index (χ0) is 23.8. The summed E-state index contributed by atoms with van der Waals surface area (Å²) in [6.45, 7) is 7.65. The maximum Gasteiger partial charge on any atom is 0.255 e. The van der Waals surface area contributed by atoms with E-state index >= 15 is 0 Å². The molecule has 1 fully saturated rings. The molecular weight excluding hydrogens is 418 g/mol. The summed E-state index contributed by atoms with van der Waals surface area (Å²) in [4.78, 5) is 22.0. The molecule has 1 saturated carbocycles. The Morgan fingerprint density at radius 2 is 2.03 bits per heavy atom. The van der Waals surface area contributed by atoms with Gasteiger partial charge in [-0.15, -0.1) is 0 Å². The number of aromatic nitrogens is 4. The molecule has 1 amide bonds. The van der Waals surface area contributed by atoms with Gasteiger partial charge in [-0.25, -0.2) is 9.97 Å². The van der Waals surface area contributed by atoms with Crippen LogP contribution >= 0.6 is 0 Å². The lowest BCUT2D eigenvalue weighted by Crippen LogP contribution is -2.36. The van der Waals surface area contributed by atoms with Gasteiger partial charge in [-0.05, 0) is 58.9 Å². The molecule has 1 aliphatic carbocycles. The van der Waals surface area contributed by atoms with E-state index in [0.717, 1.165) is 24.6 Å². The molecule has 3 N–H and O–H groups in total. The third kappa shape index (κ3) is 4.81. The number of carbonyl (C=O) groups excluding carboxylic acids is 1. The third-order valence-electron chi connectivity index (χ3n) is 6.10. The fourth-order valence-corrected chi connectivity index (χ4v) is 4.34. The van der Waals surface area contributed by atoms with Crippen molar-refractivity contribution in [3.05, 3.63) is 41.9 Å². The molecule has 3 heterocycles. The van der Waals surface area contributed by atoms with Crippen LogP contribution < -0.4 is 10.6 Å². The fraction of sp³-hybridized carbons (Fsp3) is 0.458. The average molecular weight is 448 g/mol. The lowest BCUT2D eigenvalue weighted by Gasteiger charge is -2.25. The second kappa shape index (κ2) is 8.79. The number of aliphatic hydroxyl groups is 1. The Balaban J connectivity index is 1.61. The van der Waals surface area contributed by atoms with Crippen molar-refractivity contribution >= 4 is 22.6 Å². The maximum absolute atomic E-state index is 13.1. The predicted octanol–water partition coefficient (Wildman–Crippen LogP) is 3.18. The van der Waals surface area contributed by atoms with E-state index in [0.29, 0.717) is 28.3 Å². The smallest absolute Gasteiger partial charge is 0.255 e. The number of rotatable bonds is 6. The van der Waals surface area contributed by atoms with Crippen LogP contribution in [0.4, 0.5) is 5.69 Å². The van der Waals surface area contributed by atoms with Gasteiger partial charge in [0.2, 0.25) is 0 Å². The van der Waals surface area contributed by atoms with Gasteiger partial charge in [0.25, 0.3) is 5.91 Å². The molecule has 9 heteroatoms. The first-order chi connectivity index (χ1) is 15.7. The molecule has 0 spiro atoms. The number of hydrogen-bond acceptors (Lipinski definition) is 7. The van der Waals surface area contributed by atoms with E-state index in [2.05, 4.69) is 31.8 Å². The molecule has 2 unspecified atom stereocenters. The van der Waals surface area contributed by atoms with Crippen molar-refractivity contribution in [2.24, 2.45) is 5.92 Å². The van der Waals surface area contributed by atoms with Gasteiger partial charge < -0.3 is 15.7 Å². The highest BCUT2D eigenvalue weighted by Gasteiger charge is 2.35. The Morgan fingerprint density at radius 1 is 1.24 bits per heavy atom. The van der Waals surface area contributed by atoms with Crippen molar-refractivity contribution < 1.29 is 9.90 Å². The second-order valence-electron chi connectivity index (χ2n) is 9.53. The van der Waals surface area contributed by atoms with Crippen molar-refractivity contribution in [1.29, 1.82) is 5.26 Å². The lowest BCUT2D eigenvalue weighted by atomic mass is 9.89. The molecule has 4 rings (SSSR count). The maximum atomic E-state index is 13.1. The van der Waals surface area contributed by atoms with Crippen LogP contribution in [0.1, 0.15) is 62.9 Å². The number of anilines is 1. The van der Waals surface area contributed by atoms with Crippen LogP contribution in [0.5, 0.6) is 0 Å². The zero-order valence-corrected chi connectivity index (χ0v) is 19.3. The van der Waals surface area contributed by atoms with Gasteiger partial charge in [0.05, 0.1) is 28.6 Å². The van der Waals surface area contributed by atoms with E-state index in [1.165, 1.54) is 6.20 Å². The quantitative estimate of drug-likeness (QED) is 0.529. The third-order valence-corrected chi connectivity index (χ3v) is 6.10. The summed E-state index contributed by atoms with van der Waals surface area (Å²) in [7, 11) is 0. The molecule has 0 bridgehead atoms. The first-order valence-corrected chi connectivity index (χ1v) is 11.2. The topological polar surface area (TPSA) is 129 Å². The van der Waals surface area contributed by atoms with Gasteiger partial charge in [-0.1, -0.05) is 0 Å². The number of hydrogen-bond donors (Lipinski definition) is 3. The van der Waals surface area contributed by atoms with Gasteiger partial charge >= 0.3 is 0 Å². The largest absolute Gasteiger partial charge is 0.390 e. The molecule has 3 aromatic rings. The Kier molecular flexibility index (Phi) is 6.04. The Hall–Kier alpha value is -3.51. The van der Waals surface area contributed by atoms with Crippen molar-refractivity contribution in [1.82, 2.24) is 25.1 Å². The van der Waals surface area contributed by atoms with Crippen LogP contribution in [0.15, 0.2) is 30.7 Å². The Morgan fingerprint density at radius 3 is 2.70 bits per heavy atom. The summed E-state index contributed by atoms with van der Waals surface area (Å²) in [6.07, 6.45) is 7.17. The first kappa shape index (κ1) is 22.7. The van der Waals surface area contributed by atoms with Crippen molar-refractivity contribution in [2.75, 3.05) is 5.32 Å². The molecule has 0 aliphatic heterocycles. The van der Waals surface area contributed by atoms with E-state index in [-0.39, 0.29) is 23.9 Å². The number of nitrogens with zero attached hydrogens (tertiary/aromatic N) is 5. The average Bonchev–Trinajstić information content (AvgIpc) is 3.39. The summed E-state index contributed by atoms with van der Waals surface area (Å²) in [6, 6.07) is 5.71. The normalized spacial score (nSPS) is 18.5. The lowest BCUT2D eigenvalue weighted by molar-refractivity contribution is 0.0190. The summed E-state index contributed by atoms with van der Waals surface area (Å²) < 4.78 is 1.59. The van der Waals surface area contributed by atoms with E-state index in [1.807, 2.05) is 27.7 Å². The van der Waals surface area contributed by atoms with Crippen LogP contribution in [0, 0.1) is 17.2 Å². The molecule has 1 aliphatic rings. The van der Waals surface area contributed by atoms with Gasteiger partial charge in [0, 0.05) is 35.9 Å². The summed E-state index contributed by atoms with van der Waals surface area (Å²) in [5.74, 6) is 0.490. The Bertz CT molecular complexity index is 1220. The van der Waals surface area contributed by atoms with Gasteiger partial charge in [0.1, 0.15) is 6.07 Å². The molecular formula is C24H29N7O2. The first-order valence-electron chi connectivity index (χ1n) is 11.2. The van der Waals surface area contributed by atoms with Crippen LogP contribution in [-0.2, 0) is 0 Å². The minimum absolute atomic E-state index is 0.0223. The minimum Gasteiger partial charge on any atom is -0.390 e. The standard InChI is InChI=1S/C24H29N7O2/c1-14(2)29-20-9-21(31-22-16(12-28-31)7-15(10-25)11-27-22)26-13-19(20)23(32)30-18-6-5-17(8-18)24(3,4)33/h7,9,11-14,17-18,33H,5-6,8H2,1-4H3,(H,26,29)(H,30,32). The molecule has 0 aromatic carbocycles. The van der Waals surface area contributed by atoms with Crippen molar-refractivity contribution in [3.63, 3.8) is 0 Å². The molecule has 2 atom stereocenters. The predicted molar refractivity (Wildman–Crippen MR) is 125 cm³/mol. The van der Waals surface area contributed by atoms with Crippen LogP contribution in [-0.4, -0.2) is 48.4 Å². The summed E-state index contributed by atoms with van der Waals surface area (Å²) in [5, 5.41) is 30.9. The number of nitrogens with one attached hydrogen (secondary N) is 2. The summed E-state index contributed by atoms with van der Waals surface area (Å²) in [5.41, 5.74) is 1.40. The SMILES string of the molecule is CC(C)Nc1cc(-n2ncc3cc(C#N)cnc32)ncc1C(=O)NC1CCC(C(C)(C)O)C1. The number of fused-ring (bicyclic) bond motifs is 1. The highest BCUT2D eigenvalue weighted by atomic mass is 16.3. The van der Waals surface area contributed by atoms with Gasteiger partial charge in [0.15, 0.2) is 11.5 Å². The molecule has 0 radical (unpaired) electrons. The molecule has 172 valence electrons. The van der Waals surface area contributed by atoms with E-state index in [1.54, 1.807) is 29.2 Å². The van der Waals surface area contributed by atoms with Gasteiger partial charge in [-0.2, -0.15) is 15.0 Å². The Labute approximate surface area is 192 Å². The van der Waals surface area contributed by atoms with E-state index in [9.17, 15) is 9.90 Å². The highest BCUT2D eigenvalue weighted by molar-refractivity contribution is 5.99. The number of carbonyl (C=O) groups is 1. The number of pyridine rings is 2. The monoisotopic (exact) mass is 447 g/mol. The second-order valence-corrected chi connectivity index (χ2v) is 9.53. The van der Waals surface area contributed by atoms with Crippen molar-refractivity contribution in [2.45, 2.75) is 64.6 Å². The van der Waals surface area contributed by atoms with Crippen LogP contribution in [0.25, 0.3) is 16.9 Å². The highest BCUT2D eigenvalue weighted by Crippen LogP contribution is 2.34. The zero-order valence-electron chi connectivity index (χ0n) is 19.3. The van der Waals surface area contributed by atoms with E-state index in [4.69, 9.17) is 5.26 Å². The van der Waals surface area contributed by atoms with Crippen molar-refractivity contribution in [3.8, 4) is 11.9 Å².